The van der Waals surface area contributed by atoms with Crippen LogP contribution in [0.4, 0.5) is 0 Å². The molecule has 0 atom stereocenters. The number of pyridine rings is 2. The van der Waals surface area contributed by atoms with Gasteiger partial charge in [0.1, 0.15) is 17.1 Å². The Balaban J connectivity index is 2.15. The summed E-state index contributed by atoms with van der Waals surface area (Å²) in [5.74, 6) is 0.151. The Kier molecular flexibility index (Phi) is 4.84. The highest BCUT2D eigenvalue weighted by Gasteiger charge is 2.27. The van der Waals surface area contributed by atoms with E-state index in [-0.39, 0.29) is 6.61 Å². The third kappa shape index (κ3) is 3.26. The fourth-order valence-corrected chi connectivity index (χ4v) is 3.38. The lowest BCUT2D eigenvalue weighted by Gasteiger charge is -2.14. The standard InChI is InChI=1S/C21H21N5O3/c1-5-26-20-15(11-23-26)17(14-7-12(3)9-22-10-14)18(21(27)28-6-2)19(24-20)16-8-13(4)29-25-16/h7-11H,5-6H2,1-4H3. The molecule has 0 aliphatic carbocycles. The van der Waals surface area contributed by atoms with Crippen molar-refractivity contribution in [2.24, 2.45) is 0 Å². The van der Waals surface area contributed by atoms with Gasteiger partial charge in [0.15, 0.2) is 5.65 Å². The smallest absolute Gasteiger partial charge is 0.341 e. The van der Waals surface area contributed by atoms with Crippen LogP contribution in [-0.4, -0.2) is 37.5 Å². The molecule has 4 heterocycles. The molecule has 8 nitrogen and oxygen atoms in total. The third-order valence-corrected chi connectivity index (χ3v) is 4.60. The molecule has 29 heavy (non-hydrogen) atoms. The second-order valence-corrected chi connectivity index (χ2v) is 6.70. The second-order valence-electron chi connectivity index (χ2n) is 6.70. The highest BCUT2D eigenvalue weighted by molar-refractivity contribution is 6.10. The number of hydrogen-bond acceptors (Lipinski definition) is 7. The summed E-state index contributed by atoms with van der Waals surface area (Å²) >= 11 is 0. The summed E-state index contributed by atoms with van der Waals surface area (Å²) in [4.78, 5) is 22.1. The van der Waals surface area contributed by atoms with Crippen molar-refractivity contribution >= 4 is 17.0 Å². The molecule has 0 bridgehead atoms. The minimum atomic E-state index is -0.474. The molecule has 0 radical (unpaired) electrons. The van der Waals surface area contributed by atoms with Crippen LogP contribution in [-0.2, 0) is 11.3 Å². The normalized spacial score (nSPS) is 11.2. The molecule has 0 N–H and O–H groups in total. The molecule has 0 fully saturated rings. The van der Waals surface area contributed by atoms with Gasteiger partial charge in [0.05, 0.1) is 18.4 Å². The molecular weight excluding hydrogens is 370 g/mol. The molecule has 0 amide bonds. The van der Waals surface area contributed by atoms with Gasteiger partial charge in [0, 0.05) is 41.5 Å². The van der Waals surface area contributed by atoms with Crippen molar-refractivity contribution in [2.45, 2.75) is 34.2 Å². The SMILES string of the molecule is CCOC(=O)c1c(-c2cc(C)on2)nc2c(cnn2CC)c1-c1cncc(C)c1. The van der Waals surface area contributed by atoms with E-state index in [1.165, 1.54) is 0 Å². The summed E-state index contributed by atoms with van der Waals surface area (Å²) in [6, 6.07) is 3.73. The van der Waals surface area contributed by atoms with Crippen LogP contribution in [0.5, 0.6) is 0 Å². The minimum Gasteiger partial charge on any atom is -0.462 e. The minimum absolute atomic E-state index is 0.244. The largest absolute Gasteiger partial charge is 0.462 e. The zero-order chi connectivity index (χ0) is 20.5. The number of nitrogens with zero attached hydrogens (tertiary/aromatic N) is 5. The molecule has 8 heteroatoms. The number of ether oxygens (including phenoxy) is 1. The predicted octanol–water partition coefficient (Wildman–Crippen LogP) is 3.96. The molecule has 4 aromatic rings. The number of carbonyl (C=O) groups is 1. The van der Waals surface area contributed by atoms with Crippen LogP contribution in [0, 0.1) is 13.8 Å². The summed E-state index contributed by atoms with van der Waals surface area (Å²) < 4.78 is 12.4. The summed E-state index contributed by atoms with van der Waals surface area (Å²) in [7, 11) is 0. The number of esters is 1. The predicted molar refractivity (Wildman–Crippen MR) is 107 cm³/mol. The molecule has 0 unspecified atom stereocenters. The highest BCUT2D eigenvalue weighted by atomic mass is 16.5. The van der Waals surface area contributed by atoms with Gasteiger partial charge >= 0.3 is 5.97 Å². The van der Waals surface area contributed by atoms with Crippen molar-refractivity contribution < 1.29 is 14.1 Å². The van der Waals surface area contributed by atoms with Gasteiger partial charge in [0.2, 0.25) is 0 Å². The van der Waals surface area contributed by atoms with Crippen LogP contribution in [0.15, 0.2) is 35.2 Å². The molecule has 0 aliphatic rings. The molecule has 0 saturated heterocycles. The Bertz CT molecular complexity index is 1210. The Morgan fingerprint density at radius 2 is 2.00 bits per heavy atom. The quantitative estimate of drug-likeness (QED) is 0.475. The summed E-state index contributed by atoms with van der Waals surface area (Å²) in [5, 5.41) is 9.30. The molecule has 0 saturated carbocycles. The summed E-state index contributed by atoms with van der Waals surface area (Å²) in [6.07, 6.45) is 5.22. The first-order valence-electron chi connectivity index (χ1n) is 9.45. The number of aryl methyl sites for hydroxylation is 3. The van der Waals surface area contributed by atoms with Crippen molar-refractivity contribution in [1.29, 1.82) is 0 Å². The first kappa shape index (κ1) is 18.8. The summed E-state index contributed by atoms with van der Waals surface area (Å²) in [5.41, 5.74) is 4.31. The van der Waals surface area contributed by atoms with E-state index in [9.17, 15) is 4.79 Å². The van der Waals surface area contributed by atoms with Gasteiger partial charge < -0.3 is 9.26 Å². The topological polar surface area (TPSA) is 95.9 Å². The number of fused-ring (bicyclic) bond motifs is 1. The van der Waals surface area contributed by atoms with Crippen LogP contribution < -0.4 is 0 Å². The molecule has 4 rings (SSSR count). The number of hydrogen-bond donors (Lipinski definition) is 0. The number of aromatic nitrogens is 5. The van der Waals surface area contributed by atoms with Crippen molar-refractivity contribution in [3.63, 3.8) is 0 Å². The van der Waals surface area contributed by atoms with E-state index in [2.05, 4.69) is 15.2 Å². The van der Waals surface area contributed by atoms with Crippen molar-refractivity contribution in [3.05, 3.63) is 47.6 Å². The lowest BCUT2D eigenvalue weighted by molar-refractivity contribution is 0.0528. The maximum Gasteiger partial charge on any atom is 0.341 e. The molecular formula is C21H21N5O3. The van der Waals surface area contributed by atoms with Crippen LogP contribution >= 0.6 is 0 Å². The lowest BCUT2D eigenvalue weighted by atomic mass is 9.95. The monoisotopic (exact) mass is 391 g/mol. The number of rotatable bonds is 5. The van der Waals surface area contributed by atoms with E-state index in [1.54, 1.807) is 43.2 Å². The fourth-order valence-electron chi connectivity index (χ4n) is 3.38. The second kappa shape index (κ2) is 7.46. The highest BCUT2D eigenvalue weighted by Crippen LogP contribution is 2.37. The van der Waals surface area contributed by atoms with E-state index in [1.807, 2.05) is 19.9 Å². The van der Waals surface area contributed by atoms with E-state index >= 15 is 0 Å². The van der Waals surface area contributed by atoms with Crippen molar-refractivity contribution in [3.8, 4) is 22.5 Å². The van der Waals surface area contributed by atoms with Gasteiger partial charge in [-0.15, -0.1) is 0 Å². The van der Waals surface area contributed by atoms with Crippen LogP contribution in [0.25, 0.3) is 33.5 Å². The van der Waals surface area contributed by atoms with E-state index < -0.39 is 5.97 Å². The Labute approximate surface area is 167 Å². The van der Waals surface area contributed by atoms with Gasteiger partial charge in [-0.2, -0.15) is 5.10 Å². The molecule has 148 valence electrons. The van der Waals surface area contributed by atoms with Gasteiger partial charge in [-0.25, -0.2) is 14.5 Å². The average Bonchev–Trinajstić information content (AvgIpc) is 3.32. The van der Waals surface area contributed by atoms with Crippen molar-refractivity contribution in [2.75, 3.05) is 6.61 Å². The fraction of sp³-hybridized carbons (Fsp3) is 0.286. The third-order valence-electron chi connectivity index (χ3n) is 4.60. The zero-order valence-corrected chi connectivity index (χ0v) is 16.8. The van der Waals surface area contributed by atoms with Crippen LogP contribution in [0.3, 0.4) is 0 Å². The first-order chi connectivity index (χ1) is 14.0. The van der Waals surface area contributed by atoms with Gasteiger partial charge in [0.25, 0.3) is 0 Å². The molecule has 0 spiro atoms. The van der Waals surface area contributed by atoms with Gasteiger partial charge in [-0.3, -0.25) is 4.98 Å². The molecule has 0 aliphatic heterocycles. The zero-order valence-electron chi connectivity index (χ0n) is 16.8. The Morgan fingerprint density at radius 3 is 2.66 bits per heavy atom. The molecule has 0 aromatic carbocycles. The van der Waals surface area contributed by atoms with E-state index in [4.69, 9.17) is 14.2 Å². The van der Waals surface area contributed by atoms with E-state index in [0.29, 0.717) is 40.5 Å². The first-order valence-corrected chi connectivity index (χ1v) is 9.45. The van der Waals surface area contributed by atoms with Gasteiger partial charge in [-0.1, -0.05) is 5.16 Å². The maximum atomic E-state index is 13.1. The summed E-state index contributed by atoms with van der Waals surface area (Å²) in [6.45, 7) is 8.39. The Hall–Kier alpha value is -3.55. The van der Waals surface area contributed by atoms with Crippen LogP contribution in [0.2, 0.25) is 0 Å². The Morgan fingerprint density at radius 1 is 1.17 bits per heavy atom. The average molecular weight is 391 g/mol. The van der Waals surface area contributed by atoms with E-state index in [0.717, 1.165) is 16.5 Å². The number of carbonyl (C=O) groups excluding carboxylic acids is 1. The lowest BCUT2D eigenvalue weighted by Crippen LogP contribution is -2.11. The van der Waals surface area contributed by atoms with Crippen LogP contribution in [0.1, 0.15) is 35.5 Å². The molecule has 4 aromatic heterocycles. The van der Waals surface area contributed by atoms with Crippen molar-refractivity contribution in [1.82, 2.24) is 24.9 Å². The maximum absolute atomic E-state index is 13.1. The van der Waals surface area contributed by atoms with Gasteiger partial charge in [-0.05, 0) is 39.3 Å².